The van der Waals surface area contributed by atoms with Crippen molar-refractivity contribution in [2.45, 2.75) is 17.7 Å². The molecule has 1 amide bonds. The maximum absolute atomic E-state index is 12.8. The van der Waals surface area contributed by atoms with E-state index in [0.29, 0.717) is 16.7 Å². The van der Waals surface area contributed by atoms with Gasteiger partial charge in [0.15, 0.2) is 11.5 Å². The Labute approximate surface area is 132 Å². The Balaban J connectivity index is 1.56. The first-order valence-electron chi connectivity index (χ1n) is 7.42. The van der Waals surface area contributed by atoms with E-state index in [1.165, 1.54) is 0 Å². The van der Waals surface area contributed by atoms with Gasteiger partial charge in [0.2, 0.25) is 0 Å². The maximum atomic E-state index is 12.8. The second-order valence-corrected chi connectivity index (χ2v) is 6.83. The molecule has 2 atom stereocenters. The van der Waals surface area contributed by atoms with Gasteiger partial charge in [-0.15, -0.1) is 0 Å². The van der Waals surface area contributed by atoms with E-state index in [1.54, 1.807) is 12.3 Å². The van der Waals surface area contributed by atoms with E-state index in [-0.39, 0.29) is 11.9 Å². The number of fused-ring (bicyclic) bond motifs is 1. The molecule has 7 heteroatoms. The summed E-state index contributed by atoms with van der Waals surface area (Å²) in [6.45, 7) is 2.23. The topological polar surface area (TPSA) is 71.4 Å². The second kappa shape index (κ2) is 5.81. The lowest BCUT2D eigenvalue weighted by atomic mass is 10.1. The lowest BCUT2D eigenvalue weighted by molar-refractivity contribution is 0.0315. The van der Waals surface area contributed by atoms with E-state index in [4.69, 9.17) is 9.15 Å². The van der Waals surface area contributed by atoms with Gasteiger partial charge < -0.3 is 14.1 Å². The molecule has 2 fully saturated rings. The molecule has 0 bridgehead atoms. The van der Waals surface area contributed by atoms with Gasteiger partial charge in [-0.2, -0.15) is 16.9 Å². The smallest absolute Gasteiger partial charge is 0.274 e. The van der Waals surface area contributed by atoms with Crippen molar-refractivity contribution in [2.24, 2.45) is 0 Å². The molecule has 4 rings (SSSR count). The number of hydrogen-bond donors (Lipinski definition) is 1. The van der Waals surface area contributed by atoms with E-state index in [1.807, 2.05) is 28.8 Å². The van der Waals surface area contributed by atoms with Crippen molar-refractivity contribution in [3.63, 3.8) is 0 Å². The summed E-state index contributed by atoms with van der Waals surface area (Å²) in [5.74, 6) is 1.63. The number of amides is 1. The van der Waals surface area contributed by atoms with Gasteiger partial charge in [0.25, 0.3) is 5.91 Å². The Morgan fingerprint density at radius 3 is 3.32 bits per heavy atom. The fraction of sp³-hybridized carbons (Fsp3) is 0.467. The molecule has 0 saturated carbocycles. The molecule has 6 nitrogen and oxygen atoms in total. The van der Waals surface area contributed by atoms with Crippen molar-refractivity contribution in [3.8, 4) is 11.5 Å². The number of aromatic nitrogens is 2. The molecule has 22 heavy (non-hydrogen) atoms. The van der Waals surface area contributed by atoms with E-state index >= 15 is 0 Å². The Bertz CT molecular complexity index is 653. The Kier molecular flexibility index (Phi) is 3.67. The number of ether oxygens (including phenoxy) is 1. The lowest BCUT2D eigenvalue weighted by Crippen LogP contribution is -2.54. The van der Waals surface area contributed by atoms with Gasteiger partial charge in [-0.05, 0) is 18.6 Å². The first-order valence-corrected chi connectivity index (χ1v) is 8.47. The van der Waals surface area contributed by atoms with Crippen LogP contribution in [0.25, 0.3) is 11.5 Å². The van der Waals surface area contributed by atoms with Crippen LogP contribution in [0.1, 0.15) is 16.9 Å². The quantitative estimate of drug-likeness (QED) is 0.917. The molecule has 0 unspecified atom stereocenters. The SMILES string of the molecule is O=C(c1cc(-c2ccco2)[nH]n1)N1CCS[C@H]2COCC[C@H]21. The van der Waals surface area contributed by atoms with Crippen molar-refractivity contribution >= 4 is 17.7 Å². The predicted octanol–water partition coefficient (Wildman–Crippen LogP) is 2.02. The van der Waals surface area contributed by atoms with Crippen LogP contribution in [0, 0.1) is 0 Å². The number of thioether (sulfide) groups is 1. The van der Waals surface area contributed by atoms with Gasteiger partial charge >= 0.3 is 0 Å². The Hall–Kier alpha value is -1.73. The number of furan rings is 1. The number of carbonyl (C=O) groups excluding carboxylic acids is 1. The van der Waals surface area contributed by atoms with Crippen LogP contribution in [0.15, 0.2) is 28.9 Å². The fourth-order valence-corrected chi connectivity index (χ4v) is 4.38. The van der Waals surface area contributed by atoms with Crippen LogP contribution in [0.2, 0.25) is 0 Å². The van der Waals surface area contributed by atoms with Crippen LogP contribution in [-0.4, -0.2) is 57.8 Å². The molecule has 2 aromatic rings. The highest BCUT2D eigenvalue weighted by Gasteiger charge is 2.37. The monoisotopic (exact) mass is 319 g/mol. The molecule has 0 radical (unpaired) electrons. The normalized spacial score (nSPS) is 25.0. The minimum atomic E-state index is -0.00810. The number of nitrogens with one attached hydrogen (secondary N) is 1. The summed E-state index contributed by atoms with van der Waals surface area (Å²) in [5.41, 5.74) is 1.17. The number of rotatable bonds is 2. The van der Waals surface area contributed by atoms with Crippen molar-refractivity contribution in [1.29, 1.82) is 0 Å². The van der Waals surface area contributed by atoms with Crippen LogP contribution in [0.5, 0.6) is 0 Å². The number of carbonyl (C=O) groups is 1. The summed E-state index contributed by atoms with van der Waals surface area (Å²) < 4.78 is 10.9. The number of aromatic amines is 1. The molecule has 4 heterocycles. The molecular weight excluding hydrogens is 302 g/mol. The average Bonchev–Trinajstić information content (AvgIpc) is 3.24. The fourth-order valence-electron chi connectivity index (χ4n) is 3.07. The lowest BCUT2D eigenvalue weighted by Gasteiger charge is -2.43. The minimum absolute atomic E-state index is 0.00810. The van der Waals surface area contributed by atoms with Crippen molar-refractivity contribution in [3.05, 3.63) is 30.2 Å². The number of hydrogen-bond acceptors (Lipinski definition) is 5. The predicted molar refractivity (Wildman–Crippen MR) is 82.8 cm³/mol. The highest BCUT2D eigenvalue weighted by atomic mass is 32.2. The van der Waals surface area contributed by atoms with Crippen molar-refractivity contribution < 1.29 is 13.9 Å². The molecule has 0 aromatic carbocycles. The number of nitrogens with zero attached hydrogens (tertiary/aromatic N) is 2. The summed E-state index contributed by atoms with van der Waals surface area (Å²) in [7, 11) is 0. The van der Waals surface area contributed by atoms with E-state index in [2.05, 4.69) is 10.2 Å². The zero-order valence-electron chi connectivity index (χ0n) is 12.0. The van der Waals surface area contributed by atoms with Gasteiger partial charge in [-0.1, -0.05) is 0 Å². The standard InChI is InChI=1S/C15H17N3O3S/c19-15(11-8-10(16-17-11)13-2-1-5-21-13)18-4-7-22-14-9-20-6-3-12(14)18/h1-2,5,8,12,14H,3-4,6-7,9H2,(H,16,17)/t12-,14+/m1/s1. The van der Waals surface area contributed by atoms with E-state index in [0.717, 1.165) is 37.6 Å². The minimum Gasteiger partial charge on any atom is -0.463 e. The van der Waals surface area contributed by atoms with Crippen LogP contribution in [-0.2, 0) is 4.74 Å². The first-order chi connectivity index (χ1) is 10.8. The van der Waals surface area contributed by atoms with Crippen LogP contribution < -0.4 is 0 Å². The van der Waals surface area contributed by atoms with Gasteiger partial charge in [0.1, 0.15) is 5.69 Å². The summed E-state index contributed by atoms with van der Waals surface area (Å²) in [6.07, 6.45) is 2.50. The third-order valence-electron chi connectivity index (χ3n) is 4.18. The molecular formula is C15H17N3O3S. The molecule has 2 aliphatic heterocycles. The molecule has 116 valence electrons. The molecule has 2 aromatic heterocycles. The average molecular weight is 319 g/mol. The molecule has 0 spiro atoms. The van der Waals surface area contributed by atoms with Gasteiger partial charge in [0.05, 0.1) is 12.9 Å². The summed E-state index contributed by atoms with van der Waals surface area (Å²) in [4.78, 5) is 14.8. The number of H-pyrrole nitrogens is 1. The zero-order chi connectivity index (χ0) is 14.9. The Morgan fingerprint density at radius 2 is 2.45 bits per heavy atom. The highest BCUT2D eigenvalue weighted by molar-refractivity contribution is 8.00. The third-order valence-corrected chi connectivity index (χ3v) is 5.47. The van der Waals surface area contributed by atoms with E-state index < -0.39 is 0 Å². The summed E-state index contributed by atoms with van der Waals surface area (Å²) >= 11 is 1.90. The van der Waals surface area contributed by atoms with Crippen LogP contribution in [0.3, 0.4) is 0 Å². The van der Waals surface area contributed by atoms with Crippen molar-refractivity contribution in [2.75, 3.05) is 25.5 Å². The molecule has 2 aliphatic rings. The maximum Gasteiger partial charge on any atom is 0.274 e. The second-order valence-electron chi connectivity index (χ2n) is 5.48. The largest absolute Gasteiger partial charge is 0.463 e. The highest BCUT2D eigenvalue weighted by Crippen LogP contribution is 2.31. The first kappa shape index (κ1) is 13.9. The zero-order valence-corrected chi connectivity index (χ0v) is 12.8. The Morgan fingerprint density at radius 1 is 1.50 bits per heavy atom. The summed E-state index contributed by atoms with van der Waals surface area (Å²) in [6, 6.07) is 5.67. The van der Waals surface area contributed by atoms with Gasteiger partial charge in [-0.3, -0.25) is 9.89 Å². The van der Waals surface area contributed by atoms with Crippen molar-refractivity contribution in [1.82, 2.24) is 15.1 Å². The summed E-state index contributed by atoms with van der Waals surface area (Å²) in [5, 5.41) is 7.43. The van der Waals surface area contributed by atoms with Gasteiger partial charge in [0, 0.05) is 36.3 Å². The van der Waals surface area contributed by atoms with E-state index in [9.17, 15) is 4.79 Å². The molecule has 0 aliphatic carbocycles. The third kappa shape index (κ3) is 2.44. The molecule has 1 N–H and O–H groups in total. The van der Waals surface area contributed by atoms with Crippen LogP contribution >= 0.6 is 11.8 Å². The van der Waals surface area contributed by atoms with Crippen LogP contribution in [0.4, 0.5) is 0 Å². The van der Waals surface area contributed by atoms with Gasteiger partial charge in [-0.25, -0.2) is 0 Å². The molecule has 2 saturated heterocycles.